The Balaban J connectivity index is 2.49. The molecule has 37 heavy (non-hydrogen) atoms. The van der Waals surface area contributed by atoms with Crippen LogP contribution in [-0.4, -0.2) is 77.2 Å². The second-order valence-electron chi connectivity index (χ2n) is 10.2. The van der Waals surface area contributed by atoms with Gasteiger partial charge in [-0.2, -0.15) is 11.8 Å². The topological polar surface area (TPSA) is 134 Å². The molecule has 1 fully saturated rings. The molecule has 10 nitrogen and oxygen atoms in total. The molecule has 0 radical (unpaired) electrons. The van der Waals surface area contributed by atoms with Crippen LogP contribution in [0.2, 0.25) is 0 Å². The summed E-state index contributed by atoms with van der Waals surface area (Å²) in [6, 6.07) is 2.42. The predicted octanol–water partition coefficient (Wildman–Crippen LogP) is 2.91. The number of nitrogens with one attached hydrogen (secondary N) is 2. The van der Waals surface area contributed by atoms with Crippen molar-refractivity contribution in [3.63, 3.8) is 0 Å². The molecular weight excluding hydrogens is 498 g/mol. The third kappa shape index (κ3) is 8.84. The SMILES string of the molecule is COC(=O)CNC(=O)C(c1ccc(O)c(C)c1)N(C(=O)C(CCSC)NC(=O)OC(C)(C)C)C1CC1C. The van der Waals surface area contributed by atoms with Crippen LogP contribution in [0.25, 0.3) is 0 Å². The van der Waals surface area contributed by atoms with Crippen LogP contribution in [0.5, 0.6) is 5.75 Å². The number of hydrogen-bond acceptors (Lipinski definition) is 8. The average molecular weight is 538 g/mol. The Morgan fingerprint density at radius 2 is 1.89 bits per heavy atom. The van der Waals surface area contributed by atoms with E-state index in [-0.39, 0.29) is 24.3 Å². The van der Waals surface area contributed by atoms with E-state index in [1.807, 2.05) is 13.2 Å². The van der Waals surface area contributed by atoms with E-state index in [0.29, 0.717) is 29.7 Å². The van der Waals surface area contributed by atoms with Crippen molar-refractivity contribution in [2.24, 2.45) is 5.92 Å². The zero-order valence-electron chi connectivity index (χ0n) is 22.6. The minimum atomic E-state index is -1.09. The molecule has 1 aliphatic carbocycles. The summed E-state index contributed by atoms with van der Waals surface area (Å²) in [7, 11) is 1.22. The van der Waals surface area contributed by atoms with Crippen LogP contribution in [0.3, 0.4) is 0 Å². The van der Waals surface area contributed by atoms with Crippen molar-refractivity contribution in [1.82, 2.24) is 15.5 Å². The molecule has 0 saturated heterocycles. The average Bonchev–Trinajstić information content (AvgIpc) is 3.54. The lowest BCUT2D eigenvalue weighted by molar-refractivity contribution is -0.145. The molecule has 0 bridgehead atoms. The van der Waals surface area contributed by atoms with E-state index in [4.69, 9.17) is 4.74 Å². The van der Waals surface area contributed by atoms with Gasteiger partial charge in [0.25, 0.3) is 0 Å². The fourth-order valence-electron chi connectivity index (χ4n) is 3.91. The molecule has 1 aromatic rings. The lowest BCUT2D eigenvalue weighted by atomic mass is 9.99. The first-order chi connectivity index (χ1) is 17.3. The molecule has 2 rings (SSSR count). The van der Waals surface area contributed by atoms with Crippen molar-refractivity contribution in [3.05, 3.63) is 29.3 Å². The molecule has 3 amide bonds. The number of amides is 3. The molecule has 0 aliphatic heterocycles. The minimum absolute atomic E-state index is 0.0552. The lowest BCUT2D eigenvalue weighted by Gasteiger charge is -2.35. The van der Waals surface area contributed by atoms with Gasteiger partial charge in [0.05, 0.1) is 7.11 Å². The predicted molar refractivity (Wildman–Crippen MR) is 141 cm³/mol. The number of benzene rings is 1. The van der Waals surface area contributed by atoms with E-state index < -0.39 is 41.6 Å². The molecule has 1 aromatic carbocycles. The van der Waals surface area contributed by atoms with Crippen molar-refractivity contribution in [2.45, 2.75) is 71.2 Å². The first kappa shape index (κ1) is 30.3. The van der Waals surface area contributed by atoms with Gasteiger partial charge in [-0.25, -0.2) is 4.79 Å². The molecule has 1 aliphatic rings. The summed E-state index contributed by atoms with van der Waals surface area (Å²) in [5.74, 6) is -0.823. The van der Waals surface area contributed by atoms with Gasteiger partial charge in [0.15, 0.2) is 0 Å². The number of phenolic OH excluding ortho intramolecular Hbond substituents is 1. The number of alkyl carbamates (subject to hydrolysis) is 1. The summed E-state index contributed by atoms with van der Waals surface area (Å²) in [5.41, 5.74) is 0.262. The number of carbonyl (C=O) groups is 4. The van der Waals surface area contributed by atoms with Crippen LogP contribution < -0.4 is 10.6 Å². The number of thioether (sulfide) groups is 1. The summed E-state index contributed by atoms with van der Waals surface area (Å²) in [6.45, 7) is 8.51. The standard InChI is InChI=1S/C26H39N3O7S/c1-15-13-19(15)29(24(33)18(10-11-37-7)28-25(34)36-26(3,4)5)22(23(32)27-14-21(31)35-6)17-8-9-20(30)16(2)12-17/h8-9,12,15,18-19,22,30H,10-11,13-14H2,1-7H3,(H,27,32)(H,28,34). The second kappa shape index (κ2) is 13.0. The minimum Gasteiger partial charge on any atom is -0.508 e. The van der Waals surface area contributed by atoms with Crippen molar-refractivity contribution >= 4 is 35.6 Å². The van der Waals surface area contributed by atoms with Crippen molar-refractivity contribution in [3.8, 4) is 5.75 Å². The molecule has 0 aromatic heterocycles. The van der Waals surface area contributed by atoms with Crippen LogP contribution in [0.1, 0.15) is 57.7 Å². The number of phenols is 1. The summed E-state index contributed by atoms with van der Waals surface area (Å²) in [6.07, 6.45) is 2.20. The molecule has 11 heteroatoms. The quantitative estimate of drug-likeness (QED) is 0.367. The van der Waals surface area contributed by atoms with Gasteiger partial charge < -0.3 is 30.1 Å². The van der Waals surface area contributed by atoms with E-state index in [1.54, 1.807) is 39.8 Å². The number of hydrogen-bond donors (Lipinski definition) is 3. The first-order valence-corrected chi connectivity index (χ1v) is 13.6. The molecule has 206 valence electrons. The maximum atomic E-state index is 14.1. The second-order valence-corrected chi connectivity index (χ2v) is 11.2. The number of methoxy groups -OCH3 is 1. The molecule has 0 heterocycles. The third-order valence-electron chi connectivity index (χ3n) is 5.98. The Labute approximate surface area is 222 Å². The fraction of sp³-hybridized carbons (Fsp3) is 0.615. The first-order valence-electron chi connectivity index (χ1n) is 12.2. The Morgan fingerprint density at radius 1 is 1.24 bits per heavy atom. The number of nitrogens with zero attached hydrogens (tertiary/aromatic N) is 1. The highest BCUT2D eigenvalue weighted by molar-refractivity contribution is 7.98. The van der Waals surface area contributed by atoms with Crippen molar-refractivity contribution in [1.29, 1.82) is 0 Å². The van der Waals surface area contributed by atoms with Crippen molar-refractivity contribution in [2.75, 3.05) is 25.7 Å². The molecule has 0 spiro atoms. The maximum absolute atomic E-state index is 14.1. The number of aromatic hydroxyl groups is 1. The van der Waals surface area contributed by atoms with Crippen LogP contribution in [0.4, 0.5) is 4.79 Å². The highest BCUT2D eigenvalue weighted by Crippen LogP contribution is 2.41. The van der Waals surface area contributed by atoms with Gasteiger partial charge in [0.2, 0.25) is 11.8 Å². The normalized spacial score (nSPS) is 18.2. The zero-order valence-corrected chi connectivity index (χ0v) is 23.4. The summed E-state index contributed by atoms with van der Waals surface area (Å²) in [4.78, 5) is 53.4. The van der Waals surface area contributed by atoms with Gasteiger partial charge in [-0.3, -0.25) is 14.4 Å². The monoisotopic (exact) mass is 537 g/mol. The number of ether oxygens (including phenoxy) is 2. The fourth-order valence-corrected chi connectivity index (χ4v) is 4.38. The number of aryl methyl sites for hydroxylation is 1. The number of esters is 1. The lowest BCUT2D eigenvalue weighted by Crippen LogP contribution is -2.54. The molecule has 1 saturated carbocycles. The summed E-state index contributed by atoms with van der Waals surface area (Å²) < 4.78 is 10.0. The smallest absolute Gasteiger partial charge is 0.408 e. The highest BCUT2D eigenvalue weighted by atomic mass is 32.2. The van der Waals surface area contributed by atoms with E-state index in [0.717, 1.165) is 0 Å². The Morgan fingerprint density at radius 3 is 2.41 bits per heavy atom. The summed E-state index contributed by atoms with van der Waals surface area (Å²) in [5, 5.41) is 15.3. The molecule has 4 unspecified atom stereocenters. The van der Waals surface area contributed by atoms with Gasteiger partial charge in [-0.05, 0) is 81.7 Å². The van der Waals surface area contributed by atoms with Gasteiger partial charge in [0.1, 0.15) is 30.0 Å². The molecular formula is C26H39N3O7S. The summed E-state index contributed by atoms with van der Waals surface area (Å²) >= 11 is 1.53. The Hall–Kier alpha value is -2.95. The van der Waals surface area contributed by atoms with E-state index >= 15 is 0 Å². The number of rotatable bonds is 11. The van der Waals surface area contributed by atoms with Crippen LogP contribution in [-0.2, 0) is 23.9 Å². The van der Waals surface area contributed by atoms with E-state index in [1.165, 1.54) is 29.8 Å². The van der Waals surface area contributed by atoms with Gasteiger partial charge in [-0.15, -0.1) is 0 Å². The van der Waals surface area contributed by atoms with E-state index in [2.05, 4.69) is 15.4 Å². The Bertz CT molecular complexity index is 995. The van der Waals surface area contributed by atoms with Crippen LogP contribution >= 0.6 is 11.8 Å². The molecule has 3 N–H and O–H groups in total. The number of carbonyl (C=O) groups excluding carboxylic acids is 4. The molecule has 4 atom stereocenters. The van der Waals surface area contributed by atoms with Crippen LogP contribution in [0.15, 0.2) is 18.2 Å². The zero-order chi connectivity index (χ0) is 27.9. The van der Waals surface area contributed by atoms with Gasteiger partial charge >= 0.3 is 12.1 Å². The Kier molecular flexibility index (Phi) is 10.7. The van der Waals surface area contributed by atoms with Crippen molar-refractivity contribution < 1.29 is 33.8 Å². The van der Waals surface area contributed by atoms with Gasteiger partial charge in [0, 0.05) is 6.04 Å². The largest absolute Gasteiger partial charge is 0.508 e. The van der Waals surface area contributed by atoms with Gasteiger partial charge in [-0.1, -0.05) is 13.0 Å². The highest BCUT2D eigenvalue weighted by Gasteiger charge is 2.48. The van der Waals surface area contributed by atoms with E-state index in [9.17, 15) is 24.3 Å². The van der Waals surface area contributed by atoms with Crippen LogP contribution in [0, 0.1) is 12.8 Å². The third-order valence-corrected chi connectivity index (χ3v) is 6.62. The maximum Gasteiger partial charge on any atom is 0.408 e.